The van der Waals surface area contributed by atoms with Crippen molar-refractivity contribution in [1.82, 2.24) is 15.5 Å². The summed E-state index contributed by atoms with van der Waals surface area (Å²) in [6.07, 6.45) is 0. The van der Waals surface area contributed by atoms with Crippen molar-refractivity contribution in [3.8, 4) is 11.4 Å². The molecule has 1 aliphatic heterocycles. The molecule has 1 aromatic heterocycles. The van der Waals surface area contributed by atoms with E-state index in [1.54, 1.807) is 0 Å². The van der Waals surface area contributed by atoms with Gasteiger partial charge < -0.3 is 14.6 Å². The first-order chi connectivity index (χ1) is 8.83. The maximum Gasteiger partial charge on any atom is 0.246 e. The molecule has 94 valence electrons. The van der Waals surface area contributed by atoms with Gasteiger partial charge in [0, 0.05) is 12.1 Å². The summed E-state index contributed by atoms with van der Waals surface area (Å²) in [5.41, 5.74) is 2.15. The average molecular weight is 245 g/mol. The standard InChI is InChI=1S/C13H15N3O2/c1-9-3-2-4-10(7-9)12-15-13(18-16-12)11-8-17-6-5-14-11/h2-4,7,11,14H,5-6,8H2,1H3. The van der Waals surface area contributed by atoms with Gasteiger partial charge in [-0.1, -0.05) is 28.9 Å². The minimum Gasteiger partial charge on any atom is -0.378 e. The van der Waals surface area contributed by atoms with Crippen LogP contribution in [0, 0.1) is 6.92 Å². The molecule has 1 aromatic carbocycles. The average Bonchev–Trinajstić information content (AvgIpc) is 2.89. The number of morpholine rings is 1. The van der Waals surface area contributed by atoms with Gasteiger partial charge in [-0.2, -0.15) is 4.98 Å². The van der Waals surface area contributed by atoms with Crippen LogP contribution in [0.25, 0.3) is 11.4 Å². The van der Waals surface area contributed by atoms with E-state index in [2.05, 4.69) is 15.5 Å². The molecule has 0 spiro atoms. The molecule has 2 aromatic rings. The lowest BCUT2D eigenvalue weighted by atomic mass is 10.1. The van der Waals surface area contributed by atoms with Crippen molar-refractivity contribution in [2.24, 2.45) is 0 Å². The fourth-order valence-electron chi connectivity index (χ4n) is 2.00. The molecule has 0 amide bonds. The van der Waals surface area contributed by atoms with Gasteiger partial charge in [-0.3, -0.25) is 0 Å². The third-order valence-electron chi connectivity index (χ3n) is 2.94. The molecule has 18 heavy (non-hydrogen) atoms. The third-order valence-corrected chi connectivity index (χ3v) is 2.94. The fourth-order valence-corrected chi connectivity index (χ4v) is 2.00. The molecule has 1 atom stereocenters. The monoisotopic (exact) mass is 245 g/mol. The minimum atomic E-state index is 0.00445. The van der Waals surface area contributed by atoms with Crippen molar-refractivity contribution in [2.45, 2.75) is 13.0 Å². The fraction of sp³-hybridized carbons (Fsp3) is 0.385. The van der Waals surface area contributed by atoms with E-state index in [9.17, 15) is 0 Å². The number of hydrogen-bond donors (Lipinski definition) is 1. The highest BCUT2D eigenvalue weighted by molar-refractivity contribution is 5.55. The first kappa shape index (κ1) is 11.4. The molecule has 0 saturated carbocycles. The molecule has 2 heterocycles. The summed E-state index contributed by atoms with van der Waals surface area (Å²) >= 11 is 0. The van der Waals surface area contributed by atoms with E-state index in [-0.39, 0.29) is 6.04 Å². The van der Waals surface area contributed by atoms with Crippen LogP contribution in [-0.2, 0) is 4.74 Å². The van der Waals surface area contributed by atoms with Crippen LogP contribution >= 0.6 is 0 Å². The van der Waals surface area contributed by atoms with Crippen LogP contribution in [0.3, 0.4) is 0 Å². The summed E-state index contributed by atoms with van der Waals surface area (Å²) in [5, 5.41) is 7.31. The first-order valence-corrected chi connectivity index (χ1v) is 6.05. The van der Waals surface area contributed by atoms with Gasteiger partial charge in [-0.05, 0) is 13.0 Å². The molecular formula is C13H15N3O2. The van der Waals surface area contributed by atoms with Gasteiger partial charge in [0.05, 0.1) is 13.2 Å². The summed E-state index contributed by atoms with van der Waals surface area (Å²) in [4.78, 5) is 4.42. The molecule has 1 unspecified atom stereocenters. The van der Waals surface area contributed by atoms with Crippen LogP contribution in [0.15, 0.2) is 28.8 Å². The summed E-state index contributed by atoms with van der Waals surface area (Å²) in [6.45, 7) is 4.17. The molecular weight excluding hydrogens is 230 g/mol. The number of nitrogens with one attached hydrogen (secondary N) is 1. The van der Waals surface area contributed by atoms with Crippen molar-refractivity contribution in [3.63, 3.8) is 0 Å². The molecule has 1 fully saturated rings. The second kappa shape index (κ2) is 4.88. The molecule has 0 bridgehead atoms. The van der Waals surface area contributed by atoms with Crippen LogP contribution in [0.4, 0.5) is 0 Å². The number of rotatable bonds is 2. The van der Waals surface area contributed by atoms with Gasteiger partial charge >= 0.3 is 0 Å². The summed E-state index contributed by atoms with van der Waals surface area (Å²) in [5.74, 6) is 1.22. The number of hydrogen-bond acceptors (Lipinski definition) is 5. The van der Waals surface area contributed by atoms with Crippen molar-refractivity contribution < 1.29 is 9.26 Å². The number of aryl methyl sites for hydroxylation is 1. The Kier molecular flexibility index (Phi) is 3.08. The third kappa shape index (κ3) is 2.27. The zero-order valence-electron chi connectivity index (χ0n) is 10.2. The lowest BCUT2D eigenvalue weighted by molar-refractivity contribution is 0.0659. The second-order valence-corrected chi connectivity index (χ2v) is 4.41. The van der Waals surface area contributed by atoms with Crippen LogP contribution in [0.2, 0.25) is 0 Å². The zero-order chi connectivity index (χ0) is 12.4. The molecule has 5 heteroatoms. The Bertz CT molecular complexity index is 533. The lowest BCUT2D eigenvalue weighted by Crippen LogP contribution is -2.34. The van der Waals surface area contributed by atoms with Crippen molar-refractivity contribution >= 4 is 0 Å². The molecule has 1 N–H and O–H groups in total. The van der Waals surface area contributed by atoms with Crippen LogP contribution in [-0.4, -0.2) is 29.9 Å². The Morgan fingerprint density at radius 3 is 3.11 bits per heavy atom. The lowest BCUT2D eigenvalue weighted by Gasteiger charge is -2.20. The highest BCUT2D eigenvalue weighted by Crippen LogP contribution is 2.20. The van der Waals surface area contributed by atoms with Gasteiger partial charge in [0.15, 0.2) is 0 Å². The van der Waals surface area contributed by atoms with E-state index >= 15 is 0 Å². The highest BCUT2D eigenvalue weighted by atomic mass is 16.5. The first-order valence-electron chi connectivity index (χ1n) is 6.05. The minimum absolute atomic E-state index is 0.00445. The number of ether oxygens (including phenoxy) is 1. The maximum atomic E-state index is 5.38. The van der Waals surface area contributed by atoms with Gasteiger partial charge in [0.2, 0.25) is 11.7 Å². The van der Waals surface area contributed by atoms with E-state index in [0.29, 0.717) is 18.3 Å². The van der Waals surface area contributed by atoms with Gasteiger partial charge in [0.25, 0.3) is 0 Å². The molecule has 1 saturated heterocycles. The second-order valence-electron chi connectivity index (χ2n) is 4.41. The Labute approximate surface area is 105 Å². The Morgan fingerprint density at radius 2 is 2.33 bits per heavy atom. The number of nitrogens with zero attached hydrogens (tertiary/aromatic N) is 2. The SMILES string of the molecule is Cc1cccc(-c2noc(C3COCCN3)n2)c1. The topological polar surface area (TPSA) is 60.2 Å². The quantitative estimate of drug-likeness (QED) is 0.872. The molecule has 5 nitrogen and oxygen atoms in total. The van der Waals surface area contributed by atoms with E-state index in [0.717, 1.165) is 18.7 Å². The van der Waals surface area contributed by atoms with Crippen molar-refractivity contribution in [1.29, 1.82) is 0 Å². The largest absolute Gasteiger partial charge is 0.378 e. The predicted octanol–water partition coefficient (Wildman–Crippen LogP) is 1.71. The van der Waals surface area contributed by atoms with Gasteiger partial charge in [-0.25, -0.2) is 0 Å². The van der Waals surface area contributed by atoms with E-state index in [1.807, 2.05) is 31.2 Å². The van der Waals surface area contributed by atoms with Crippen molar-refractivity contribution in [3.05, 3.63) is 35.7 Å². The Hall–Kier alpha value is -1.72. The normalized spacial score (nSPS) is 19.9. The number of aromatic nitrogens is 2. The molecule has 3 rings (SSSR count). The summed E-state index contributed by atoms with van der Waals surface area (Å²) in [7, 11) is 0. The Balaban J connectivity index is 1.84. The van der Waals surface area contributed by atoms with Crippen molar-refractivity contribution in [2.75, 3.05) is 19.8 Å². The van der Waals surface area contributed by atoms with Gasteiger partial charge in [-0.15, -0.1) is 0 Å². The van der Waals surface area contributed by atoms with E-state index < -0.39 is 0 Å². The maximum absolute atomic E-state index is 5.38. The molecule has 1 aliphatic rings. The Morgan fingerprint density at radius 1 is 1.39 bits per heavy atom. The number of benzene rings is 1. The molecule has 0 aliphatic carbocycles. The van der Waals surface area contributed by atoms with Crippen LogP contribution < -0.4 is 5.32 Å². The summed E-state index contributed by atoms with van der Waals surface area (Å²) in [6, 6.07) is 8.06. The van der Waals surface area contributed by atoms with Gasteiger partial charge in [0.1, 0.15) is 6.04 Å². The van der Waals surface area contributed by atoms with E-state index in [4.69, 9.17) is 9.26 Å². The molecule has 0 radical (unpaired) electrons. The smallest absolute Gasteiger partial charge is 0.246 e. The predicted molar refractivity (Wildman–Crippen MR) is 66.0 cm³/mol. The zero-order valence-corrected chi connectivity index (χ0v) is 10.2. The van der Waals surface area contributed by atoms with E-state index in [1.165, 1.54) is 5.56 Å². The summed E-state index contributed by atoms with van der Waals surface area (Å²) < 4.78 is 10.7. The van der Waals surface area contributed by atoms with Crippen LogP contribution in [0.5, 0.6) is 0 Å². The highest BCUT2D eigenvalue weighted by Gasteiger charge is 2.21. The van der Waals surface area contributed by atoms with Crippen LogP contribution in [0.1, 0.15) is 17.5 Å².